The first-order valence-corrected chi connectivity index (χ1v) is 8.05. The molecule has 3 aromatic rings. The number of anilines is 1. The molecule has 3 aromatic heterocycles. The van der Waals surface area contributed by atoms with E-state index in [0.29, 0.717) is 0 Å². The van der Waals surface area contributed by atoms with Gasteiger partial charge in [-0.25, -0.2) is 0 Å². The lowest BCUT2D eigenvalue weighted by atomic mass is 9.96. The minimum atomic E-state index is -0.0957. The van der Waals surface area contributed by atoms with Gasteiger partial charge in [0.1, 0.15) is 11.6 Å². The fourth-order valence-electron chi connectivity index (χ4n) is 3.05. The standard InChI is InChI=1S/C17H21N5O/c1-17(2,3)16-19-18-14-6-7-15(20-22(14)16)21-9-4-5-13-12(11-21)8-10-23-13/h6-8,10H,4-5,9,11H2,1-3H3. The van der Waals surface area contributed by atoms with E-state index in [4.69, 9.17) is 9.52 Å². The quantitative estimate of drug-likeness (QED) is 0.691. The van der Waals surface area contributed by atoms with E-state index in [1.165, 1.54) is 5.56 Å². The molecule has 0 spiro atoms. The minimum absolute atomic E-state index is 0.0957. The molecule has 0 saturated carbocycles. The first-order chi connectivity index (χ1) is 11.0. The lowest BCUT2D eigenvalue weighted by Crippen LogP contribution is -2.25. The van der Waals surface area contributed by atoms with Crippen molar-refractivity contribution in [3.63, 3.8) is 0 Å². The number of nitrogens with zero attached hydrogens (tertiary/aromatic N) is 5. The SMILES string of the molecule is CC(C)(C)c1nnc2ccc(N3CCCc4occc4C3)nn12. The van der Waals surface area contributed by atoms with Gasteiger partial charge in [0.05, 0.1) is 6.26 Å². The average molecular weight is 311 g/mol. The van der Waals surface area contributed by atoms with Gasteiger partial charge in [0.15, 0.2) is 11.5 Å². The van der Waals surface area contributed by atoms with E-state index in [1.54, 1.807) is 6.26 Å². The summed E-state index contributed by atoms with van der Waals surface area (Å²) in [6.07, 6.45) is 3.83. The first kappa shape index (κ1) is 14.2. The highest BCUT2D eigenvalue weighted by atomic mass is 16.3. The number of aryl methyl sites for hydroxylation is 1. The number of hydrogen-bond donors (Lipinski definition) is 0. The molecule has 0 amide bonds. The van der Waals surface area contributed by atoms with Gasteiger partial charge in [-0.15, -0.1) is 15.3 Å². The second-order valence-electron chi connectivity index (χ2n) is 7.13. The van der Waals surface area contributed by atoms with E-state index in [9.17, 15) is 0 Å². The van der Waals surface area contributed by atoms with Crippen molar-refractivity contribution in [2.24, 2.45) is 0 Å². The van der Waals surface area contributed by atoms with E-state index in [1.807, 2.05) is 16.6 Å². The van der Waals surface area contributed by atoms with Gasteiger partial charge in [-0.2, -0.15) is 4.52 Å². The summed E-state index contributed by atoms with van der Waals surface area (Å²) in [6.45, 7) is 8.18. The largest absolute Gasteiger partial charge is 0.469 e. The Morgan fingerprint density at radius 2 is 2.00 bits per heavy atom. The van der Waals surface area contributed by atoms with E-state index in [0.717, 1.165) is 49.0 Å². The second-order valence-corrected chi connectivity index (χ2v) is 7.13. The van der Waals surface area contributed by atoms with Crippen LogP contribution in [0.15, 0.2) is 28.9 Å². The minimum Gasteiger partial charge on any atom is -0.469 e. The van der Waals surface area contributed by atoms with Crippen molar-refractivity contribution < 1.29 is 4.42 Å². The summed E-state index contributed by atoms with van der Waals surface area (Å²) in [5.41, 5.74) is 1.95. The lowest BCUT2D eigenvalue weighted by molar-refractivity contribution is 0.504. The Labute approximate surface area is 135 Å². The van der Waals surface area contributed by atoms with Crippen molar-refractivity contribution in [2.45, 2.75) is 45.6 Å². The lowest BCUT2D eigenvalue weighted by Gasteiger charge is -2.22. The monoisotopic (exact) mass is 311 g/mol. The molecule has 0 saturated heterocycles. The average Bonchev–Trinajstić information content (AvgIpc) is 3.07. The molecule has 0 radical (unpaired) electrons. The van der Waals surface area contributed by atoms with Crippen LogP contribution < -0.4 is 4.90 Å². The number of aromatic nitrogens is 4. The molecule has 6 heteroatoms. The molecule has 0 aliphatic carbocycles. The number of furan rings is 1. The smallest absolute Gasteiger partial charge is 0.178 e. The molecule has 120 valence electrons. The molecule has 6 nitrogen and oxygen atoms in total. The third-order valence-corrected chi connectivity index (χ3v) is 4.27. The van der Waals surface area contributed by atoms with Crippen molar-refractivity contribution in [3.05, 3.63) is 41.6 Å². The molecule has 0 atom stereocenters. The fourth-order valence-corrected chi connectivity index (χ4v) is 3.05. The highest BCUT2D eigenvalue weighted by Gasteiger charge is 2.23. The van der Waals surface area contributed by atoms with Crippen LogP contribution in [0, 0.1) is 0 Å². The van der Waals surface area contributed by atoms with Crippen LogP contribution in [0.4, 0.5) is 5.82 Å². The fraction of sp³-hybridized carbons (Fsp3) is 0.471. The molecule has 1 aliphatic rings. The van der Waals surface area contributed by atoms with Crippen LogP contribution in [0.5, 0.6) is 0 Å². The van der Waals surface area contributed by atoms with E-state index >= 15 is 0 Å². The van der Waals surface area contributed by atoms with Crippen molar-refractivity contribution >= 4 is 11.5 Å². The maximum atomic E-state index is 5.57. The van der Waals surface area contributed by atoms with Gasteiger partial charge in [-0.05, 0) is 24.6 Å². The van der Waals surface area contributed by atoms with Crippen molar-refractivity contribution in [2.75, 3.05) is 11.4 Å². The van der Waals surface area contributed by atoms with Crippen LogP contribution in [0.3, 0.4) is 0 Å². The molecule has 0 fully saturated rings. The highest BCUT2D eigenvalue weighted by Crippen LogP contribution is 2.25. The van der Waals surface area contributed by atoms with Crippen LogP contribution in [-0.4, -0.2) is 26.4 Å². The summed E-state index contributed by atoms with van der Waals surface area (Å²) in [6, 6.07) is 6.08. The molecule has 0 bridgehead atoms. The topological polar surface area (TPSA) is 59.5 Å². The Bertz CT molecular complexity index is 842. The third kappa shape index (κ3) is 2.48. The molecule has 0 N–H and O–H groups in total. The molecule has 4 rings (SSSR count). The molecule has 1 aliphatic heterocycles. The summed E-state index contributed by atoms with van der Waals surface area (Å²) in [7, 11) is 0. The zero-order valence-corrected chi connectivity index (χ0v) is 13.8. The number of rotatable bonds is 1. The van der Waals surface area contributed by atoms with Gasteiger partial charge in [-0.3, -0.25) is 0 Å². The van der Waals surface area contributed by atoms with Gasteiger partial charge in [-0.1, -0.05) is 20.8 Å². The Hall–Kier alpha value is -2.37. The third-order valence-electron chi connectivity index (χ3n) is 4.27. The van der Waals surface area contributed by atoms with E-state index < -0.39 is 0 Å². The van der Waals surface area contributed by atoms with Crippen LogP contribution in [0.2, 0.25) is 0 Å². The molecular formula is C17H21N5O. The summed E-state index contributed by atoms with van der Waals surface area (Å²) in [5.74, 6) is 2.94. The van der Waals surface area contributed by atoms with Gasteiger partial charge < -0.3 is 9.32 Å². The Balaban J connectivity index is 1.74. The number of fused-ring (bicyclic) bond motifs is 2. The summed E-state index contributed by atoms with van der Waals surface area (Å²) < 4.78 is 7.44. The Morgan fingerprint density at radius 3 is 2.83 bits per heavy atom. The Kier molecular flexibility index (Phi) is 3.14. The summed E-state index contributed by atoms with van der Waals surface area (Å²) in [4.78, 5) is 2.30. The number of hydrogen-bond acceptors (Lipinski definition) is 5. The van der Waals surface area contributed by atoms with E-state index in [-0.39, 0.29) is 5.41 Å². The van der Waals surface area contributed by atoms with Crippen molar-refractivity contribution in [1.29, 1.82) is 0 Å². The maximum absolute atomic E-state index is 5.57. The molecule has 0 aromatic carbocycles. The highest BCUT2D eigenvalue weighted by molar-refractivity contribution is 5.47. The Morgan fingerprint density at radius 1 is 1.13 bits per heavy atom. The van der Waals surface area contributed by atoms with Crippen LogP contribution in [0.25, 0.3) is 5.65 Å². The second kappa shape index (κ2) is 5.08. The normalized spacial score (nSPS) is 15.7. The molecule has 0 unspecified atom stereocenters. The van der Waals surface area contributed by atoms with Gasteiger partial charge in [0.2, 0.25) is 0 Å². The van der Waals surface area contributed by atoms with Gasteiger partial charge >= 0.3 is 0 Å². The van der Waals surface area contributed by atoms with Gasteiger partial charge in [0.25, 0.3) is 0 Å². The molecule has 23 heavy (non-hydrogen) atoms. The van der Waals surface area contributed by atoms with Crippen LogP contribution in [0.1, 0.15) is 44.3 Å². The van der Waals surface area contributed by atoms with Crippen molar-refractivity contribution in [3.8, 4) is 0 Å². The zero-order chi connectivity index (χ0) is 16.0. The summed E-state index contributed by atoms with van der Waals surface area (Å²) in [5, 5.41) is 13.4. The van der Waals surface area contributed by atoms with Crippen LogP contribution in [-0.2, 0) is 18.4 Å². The molecular weight excluding hydrogens is 290 g/mol. The maximum Gasteiger partial charge on any atom is 0.178 e. The van der Waals surface area contributed by atoms with E-state index in [2.05, 4.69) is 41.9 Å². The first-order valence-electron chi connectivity index (χ1n) is 8.05. The molecule has 4 heterocycles. The van der Waals surface area contributed by atoms with Crippen molar-refractivity contribution in [1.82, 2.24) is 19.8 Å². The predicted octanol–water partition coefficient (Wildman–Crippen LogP) is 2.97. The zero-order valence-electron chi connectivity index (χ0n) is 13.8. The van der Waals surface area contributed by atoms with Crippen LogP contribution >= 0.6 is 0 Å². The predicted molar refractivity (Wildman–Crippen MR) is 87.6 cm³/mol. The summed E-state index contributed by atoms with van der Waals surface area (Å²) >= 11 is 0. The van der Waals surface area contributed by atoms with Gasteiger partial charge in [0, 0.05) is 30.5 Å².